The van der Waals surface area contributed by atoms with E-state index < -0.39 is 0 Å². The summed E-state index contributed by atoms with van der Waals surface area (Å²) in [6.45, 7) is 4.64. The molecular weight excluding hydrogens is 338 g/mol. The normalized spacial score (nSPS) is 28.4. The topological polar surface area (TPSA) is 12.9 Å². The lowest BCUT2D eigenvalue weighted by Gasteiger charge is -2.31. The molecule has 0 unspecified atom stereocenters. The second-order valence-corrected chi connectivity index (χ2v) is 10.1. The van der Waals surface area contributed by atoms with Crippen LogP contribution in [-0.2, 0) is 12.8 Å². The Morgan fingerprint density at radius 1 is 0.714 bits per heavy atom. The minimum absolute atomic E-state index is 0.956. The van der Waals surface area contributed by atoms with E-state index in [1.165, 1.54) is 114 Å². The van der Waals surface area contributed by atoms with Crippen molar-refractivity contribution in [2.75, 3.05) is 0 Å². The van der Waals surface area contributed by atoms with Crippen LogP contribution in [0.3, 0.4) is 0 Å². The fourth-order valence-electron chi connectivity index (χ4n) is 5.69. The molecule has 3 rings (SSSR count). The number of pyridine rings is 1. The zero-order valence-electron chi connectivity index (χ0n) is 18.8. The summed E-state index contributed by atoms with van der Waals surface area (Å²) in [4.78, 5) is 4.72. The van der Waals surface area contributed by atoms with Crippen LogP contribution in [0.4, 0.5) is 0 Å². The van der Waals surface area contributed by atoms with Crippen molar-refractivity contribution in [3.05, 3.63) is 29.6 Å². The molecule has 0 spiro atoms. The van der Waals surface area contributed by atoms with E-state index in [1.807, 2.05) is 0 Å². The number of hydrogen-bond donors (Lipinski definition) is 0. The molecule has 0 aliphatic heterocycles. The molecule has 0 saturated heterocycles. The van der Waals surface area contributed by atoms with Crippen molar-refractivity contribution in [1.82, 2.24) is 4.98 Å². The number of hydrogen-bond acceptors (Lipinski definition) is 1. The molecule has 28 heavy (non-hydrogen) atoms. The van der Waals surface area contributed by atoms with Gasteiger partial charge in [0, 0.05) is 11.9 Å². The quantitative estimate of drug-likeness (QED) is 0.397. The fourth-order valence-corrected chi connectivity index (χ4v) is 5.69. The largest absolute Gasteiger partial charge is 0.261 e. The Morgan fingerprint density at radius 3 is 1.79 bits per heavy atom. The van der Waals surface area contributed by atoms with Crippen LogP contribution < -0.4 is 0 Å². The summed E-state index contributed by atoms with van der Waals surface area (Å²) in [5.74, 6) is 4.11. The van der Waals surface area contributed by atoms with E-state index in [9.17, 15) is 0 Å². The van der Waals surface area contributed by atoms with Gasteiger partial charge in [-0.25, -0.2) is 0 Å². The molecule has 0 atom stereocenters. The third-order valence-corrected chi connectivity index (χ3v) is 8.01. The lowest BCUT2D eigenvalue weighted by molar-refractivity contribution is 0.211. The first kappa shape index (κ1) is 21.8. The maximum atomic E-state index is 4.72. The summed E-state index contributed by atoms with van der Waals surface area (Å²) in [7, 11) is 0. The molecular formula is C27H45N. The SMILES string of the molecule is CCCCc1ccc(CCC2CCC(CCC3CCC(CC)CC3)CC2)nc1. The fraction of sp³-hybridized carbons (Fsp3) is 0.815. The van der Waals surface area contributed by atoms with Crippen LogP contribution in [0.1, 0.15) is 115 Å². The maximum absolute atomic E-state index is 4.72. The molecule has 0 bridgehead atoms. The summed E-state index contributed by atoms with van der Waals surface area (Å²) >= 11 is 0. The molecule has 1 nitrogen and oxygen atoms in total. The Kier molecular flexibility index (Phi) is 9.35. The van der Waals surface area contributed by atoms with Gasteiger partial charge >= 0.3 is 0 Å². The average molecular weight is 384 g/mol. The van der Waals surface area contributed by atoms with Gasteiger partial charge in [0.1, 0.15) is 0 Å². The zero-order chi connectivity index (χ0) is 19.6. The highest BCUT2D eigenvalue weighted by molar-refractivity contribution is 5.14. The van der Waals surface area contributed by atoms with Crippen LogP contribution in [-0.4, -0.2) is 4.98 Å². The summed E-state index contributed by atoms with van der Waals surface area (Å²) < 4.78 is 0. The molecule has 0 radical (unpaired) electrons. The van der Waals surface area contributed by atoms with E-state index >= 15 is 0 Å². The van der Waals surface area contributed by atoms with Crippen LogP contribution in [0.2, 0.25) is 0 Å². The Hall–Kier alpha value is -0.850. The van der Waals surface area contributed by atoms with Gasteiger partial charge in [0.15, 0.2) is 0 Å². The van der Waals surface area contributed by atoms with Crippen LogP contribution >= 0.6 is 0 Å². The van der Waals surface area contributed by atoms with Crippen LogP contribution in [0.5, 0.6) is 0 Å². The van der Waals surface area contributed by atoms with Crippen LogP contribution in [0.25, 0.3) is 0 Å². The van der Waals surface area contributed by atoms with Gasteiger partial charge in [0.25, 0.3) is 0 Å². The lowest BCUT2D eigenvalue weighted by atomic mass is 9.74. The predicted octanol–water partition coefficient (Wildman–Crippen LogP) is 8.16. The number of aryl methyl sites for hydroxylation is 2. The van der Waals surface area contributed by atoms with Crippen molar-refractivity contribution in [1.29, 1.82) is 0 Å². The van der Waals surface area contributed by atoms with Gasteiger partial charge in [-0.05, 0) is 61.0 Å². The Balaban J connectivity index is 1.28. The van der Waals surface area contributed by atoms with Crippen molar-refractivity contribution in [2.45, 2.75) is 117 Å². The number of nitrogens with zero attached hydrogens (tertiary/aromatic N) is 1. The first-order valence-electron chi connectivity index (χ1n) is 12.7. The third kappa shape index (κ3) is 7.20. The van der Waals surface area contributed by atoms with E-state index in [2.05, 4.69) is 32.2 Å². The van der Waals surface area contributed by atoms with E-state index in [1.54, 1.807) is 0 Å². The minimum Gasteiger partial charge on any atom is -0.261 e. The highest BCUT2D eigenvalue weighted by Crippen LogP contribution is 2.38. The summed E-state index contributed by atoms with van der Waals surface area (Å²) in [6, 6.07) is 4.59. The molecule has 2 saturated carbocycles. The second kappa shape index (κ2) is 12.0. The van der Waals surface area contributed by atoms with Crippen molar-refractivity contribution in [2.24, 2.45) is 23.7 Å². The van der Waals surface area contributed by atoms with Gasteiger partial charge in [0.2, 0.25) is 0 Å². The highest BCUT2D eigenvalue weighted by Gasteiger charge is 2.24. The van der Waals surface area contributed by atoms with Crippen molar-refractivity contribution in [3.63, 3.8) is 0 Å². The molecule has 2 aliphatic carbocycles. The molecule has 1 heterocycles. The first-order valence-corrected chi connectivity index (χ1v) is 12.7. The molecule has 1 aromatic rings. The molecule has 0 aromatic carbocycles. The van der Waals surface area contributed by atoms with E-state index in [0.717, 1.165) is 23.7 Å². The van der Waals surface area contributed by atoms with Crippen molar-refractivity contribution < 1.29 is 0 Å². The van der Waals surface area contributed by atoms with Crippen LogP contribution in [0.15, 0.2) is 18.3 Å². The zero-order valence-corrected chi connectivity index (χ0v) is 18.8. The van der Waals surface area contributed by atoms with Gasteiger partial charge < -0.3 is 0 Å². The summed E-state index contributed by atoms with van der Waals surface area (Å²) in [5.41, 5.74) is 2.72. The number of unbranched alkanes of at least 4 members (excludes halogenated alkanes) is 1. The number of aromatic nitrogens is 1. The maximum Gasteiger partial charge on any atom is 0.0403 e. The van der Waals surface area contributed by atoms with Gasteiger partial charge in [-0.2, -0.15) is 0 Å². The lowest BCUT2D eigenvalue weighted by Crippen LogP contribution is -2.18. The van der Waals surface area contributed by atoms with Gasteiger partial charge in [-0.3, -0.25) is 4.98 Å². The molecule has 0 N–H and O–H groups in total. The Bertz CT molecular complexity index is 518. The Labute approximate surface area is 175 Å². The second-order valence-electron chi connectivity index (χ2n) is 10.1. The monoisotopic (exact) mass is 383 g/mol. The molecule has 2 aliphatic rings. The minimum atomic E-state index is 0.956. The van der Waals surface area contributed by atoms with E-state index in [4.69, 9.17) is 4.98 Å². The van der Waals surface area contributed by atoms with Crippen molar-refractivity contribution >= 4 is 0 Å². The van der Waals surface area contributed by atoms with E-state index in [-0.39, 0.29) is 0 Å². The summed E-state index contributed by atoms with van der Waals surface area (Å²) in [6.07, 6.45) is 24.9. The van der Waals surface area contributed by atoms with Gasteiger partial charge in [0.05, 0.1) is 0 Å². The average Bonchev–Trinajstić information content (AvgIpc) is 2.76. The molecule has 1 heteroatoms. The van der Waals surface area contributed by atoms with Crippen LogP contribution in [0, 0.1) is 23.7 Å². The smallest absolute Gasteiger partial charge is 0.0403 e. The van der Waals surface area contributed by atoms with Gasteiger partial charge in [-0.15, -0.1) is 0 Å². The van der Waals surface area contributed by atoms with Crippen molar-refractivity contribution in [3.8, 4) is 0 Å². The number of rotatable bonds is 10. The third-order valence-electron chi connectivity index (χ3n) is 8.01. The molecule has 2 fully saturated rings. The standard InChI is InChI=1S/C27H45N/c1-3-5-6-26-18-20-27(28-21-26)19-17-25-15-13-24(14-16-25)12-11-23-9-7-22(4-2)8-10-23/h18,20-25H,3-17,19H2,1-2H3. The van der Waals surface area contributed by atoms with Gasteiger partial charge in [-0.1, -0.05) is 97.0 Å². The predicted molar refractivity (Wildman–Crippen MR) is 122 cm³/mol. The first-order chi connectivity index (χ1) is 13.8. The Morgan fingerprint density at radius 2 is 1.29 bits per heavy atom. The molecule has 1 aromatic heterocycles. The molecule has 0 amide bonds. The van der Waals surface area contributed by atoms with E-state index in [0.29, 0.717) is 0 Å². The molecule has 158 valence electrons. The highest BCUT2D eigenvalue weighted by atomic mass is 14.7. The summed E-state index contributed by atoms with van der Waals surface area (Å²) in [5, 5.41) is 0.